The Balaban J connectivity index is 1.72. The number of aryl methyl sites for hydroxylation is 1. The van der Waals surface area contributed by atoms with Crippen molar-refractivity contribution >= 4 is 10.8 Å². The largest absolute Gasteiger partial charge is 0.349 e. The zero-order valence-corrected chi connectivity index (χ0v) is 11.4. The van der Waals surface area contributed by atoms with Crippen LogP contribution in [0.4, 0.5) is 0 Å². The molecule has 3 saturated heterocycles. The van der Waals surface area contributed by atoms with Crippen LogP contribution in [0, 0.1) is 12.8 Å². The van der Waals surface area contributed by atoms with E-state index in [2.05, 4.69) is 0 Å². The van der Waals surface area contributed by atoms with E-state index >= 15 is 0 Å². The van der Waals surface area contributed by atoms with Crippen LogP contribution in [-0.2, 0) is 20.3 Å². The summed E-state index contributed by atoms with van der Waals surface area (Å²) in [5, 5.41) is 0. The fourth-order valence-corrected chi connectivity index (χ4v) is 3.81. The summed E-state index contributed by atoms with van der Waals surface area (Å²) in [6, 6.07) is 7.84. The number of fused-ring (bicyclic) bond motifs is 3. The predicted octanol–water partition coefficient (Wildman–Crippen LogP) is 2.26. The van der Waals surface area contributed by atoms with E-state index < -0.39 is 16.6 Å². The second-order valence-corrected chi connectivity index (χ2v) is 6.69. The molecule has 0 N–H and O–H groups in total. The molecule has 3 aliphatic heterocycles. The number of hydrogen-bond donors (Lipinski definition) is 0. The maximum Gasteiger partial charge on any atom is 0.180 e. The summed E-state index contributed by atoms with van der Waals surface area (Å²) in [4.78, 5) is 0.856. The molecular formula is C14H18O3S. The van der Waals surface area contributed by atoms with Crippen molar-refractivity contribution in [1.29, 1.82) is 0 Å². The van der Waals surface area contributed by atoms with Crippen LogP contribution in [0.2, 0.25) is 0 Å². The Kier molecular flexibility index (Phi) is 3.26. The van der Waals surface area contributed by atoms with Gasteiger partial charge in [-0.25, -0.2) is 0 Å². The van der Waals surface area contributed by atoms with E-state index in [0.717, 1.165) is 31.0 Å². The van der Waals surface area contributed by atoms with Crippen molar-refractivity contribution in [2.75, 3.05) is 19.0 Å². The van der Waals surface area contributed by atoms with E-state index in [1.54, 1.807) is 0 Å². The van der Waals surface area contributed by atoms with Crippen molar-refractivity contribution in [3.63, 3.8) is 0 Å². The fourth-order valence-electron chi connectivity index (χ4n) is 2.49. The summed E-state index contributed by atoms with van der Waals surface area (Å²) in [6.07, 6.45) is 2.00. The van der Waals surface area contributed by atoms with Gasteiger partial charge in [0.05, 0.1) is 29.8 Å². The van der Waals surface area contributed by atoms with Gasteiger partial charge in [0.2, 0.25) is 0 Å². The van der Waals surface area contributed by atoms with Crippen LogP contribution >= 0.6 is 0 Å². The molecule has 0 radical (unpaired) electrons. The molecule has 4 rings (SSSR count). The zero-order chi connectivity index (χ0) is 12.6. The van der Waals surface area contributed by atoms with Gasteiger partial charge in [0.25, 0.3) is 0 Å². The van der Waals surface area contributed by atoms with Crippen LogP contribution in [0.25, 0.3) is 0 Å². The molecule has 98 valence electrons. The van der Waals surface area contributed by atoms with Crippen LogP contribution in [0.5, 0.6) is 0 Å². The number of hydrogen-bond acceptors (Lipinski definition) is 3. The molecule has 1 aromatic carbocycles. The van der Waals surface area contributed by atoms with Crippen molar-refractivity contribution < 1.29 is 13.7 Å². The first-order valence-corrected chi connectivity index (χ1v) is 7.72. The van der Waals surface area contributed by atoms with Crippen molar-refractivity contribution in [2.24, 2.45) is 5.92 Å². The van der Waals surface area contributed by atoms with Crippen molar-refractivity contribution in [3.8, 4) is 0 Å². The molecule has 0 unspecified atom stereocenters. The Morgan fingerprint density at radius 1 is 1.28 bits per heavy atom. The van der Waals surface area contributed by atoms with Crippen LogP contribution < -0.4 is 0 Å². The SMILES string of the molecule is Cc1ccc([S@](=O)CC23CCC(CO2)CO3)cc1. The monoisotopic (exact) mass is 266 g/mol. The summed E-state index contributed by atoms with van der Waals surface area (Å²) in [5.41, 5.74) is 1.18. The van der Waals surface area contributed by atoms with Crippen molar-refractivity contribution in [3.05, 3.63) is 29.8 Å². The van der Waals surface area contributed by atoms with E-state index in [0.29, 0.717) is 11.7 Å². The second-order valence-electron chi connectivity index (χ2n) is 5.24. The first-order valence-electron chi connectivity index (χ1n) is 6.40. The average Bonchev–Trinajstić information content (AvgIpc) is 2.41. The highest BCUT2D eigenvalue weighted by Crippen LogP contribution is 2.37. The van der Waals surface area contributed by atoms with Gasteiger partial charge in [-0.2, -0.15) is 0 Å². The molecule has 18 heavy (non-hydrogen) atoms. The number of benzene rings is 1. The van der Waals surface area contributed by atoms with Crippen molar-refractivity contribution in [1.82, 2.24) is 0 Å². The van der Waals surface area contributed by atoms with E-state index in [4.69, 9.17) is 9.47 Å². The van der Waals surface area contributed by atoms with Gasteiger partial charge in [-0.3, -0.25) is 4.21 Å². The Labute approximate surface area is 110 Å². The van der Waals surface area contributed by atoms with E-state index in [-0.39, 0.29) is 0 Å². The van der Waals surface area contributed by atoms with Gasteiger partial charge in [0.1, 0.15) is 0 Å². The molecular weight excluding hydrogens is 248 g/mol. The summed E-state index contributed by atoms with van der Waals surface area (Å²) in [5.74, 6) is 0.396. The van der Waals surface area contributed by atoms with Crippen LogP contribution in [0.1, 0.15) is 18.4 Å². The quantitative estimate of drug-likeness (QED) is 0.842. The molecule has 0 saturated carbocycles. The molecule has 0 amide bonds. The maximum atomic E-state index is 12.4. The van der Waals surface area contributed by atoms with E-state index in [9.17, 15) is 4.21 Å². The first kappa shape index (κ1) is 12.3. The Hall–Kier alpha value is -0.710. The standard InChI is InChI=1S/C14H18O3S/c1-11-2-4-13(5-3-11)18(15)10-14-7-6-12(8-16-14)9-17-14/h2-5,12H,6-10H2,1H3/t12?,14?,18-/m1/s1. The minimum absolute atomic E-state index is 0.447. The molecule has 3 aliphatic rings. The van der Waals surface area contributed by atoms with Gasteiger partial charge >= 0.3 is 0 Å². The smallest absolute Gasteiger partial charge is 0.180 e. The summed E-state index contributed by atoms with van der Waals surface area (Å²) in [7, 11) is -1.05. The maximum absolute atomic E-state index is 12.4. The third kappa shape index (κ3) is 2.37. The van der Waals surface area contributed by atoms with Gasteiger partial charge in [0.15, 0.2) is 5.79 Å². The second kappa shape index (κ2) is 4.76. The Morgan fingerprint density at radius 3 is 2.50 bits per heavy atom. The Morgan fingerprint density at radius 2 is 1.94 bits per heavy atom. The van der Waals surface area contributed by atoms with Crippen LogP contribution in [-0.4, -0.2) is 29.0 Å². The number of ether oxygens (including phenoxy) is 2. The van der Waals surface area contributed by atoms with Gasteiger partial charge in [-0.1, -0.05) is 17.7 Å². The van der Waals surface area contributed by atoms with Gasteiger partial charge in [0, 0.05) is 17.2 Å². The summed E-state index contributed by atoms with van der Waals surface area (Å²) >= 11 is 0. The van der Waals surface area contributed by atoms with Gasteiger partial charge in [-0.05, 0) is 25.5 Å². The third-order valence-corrected chi connectivity index (χ3v) is 5.23. The lowest BCUT2D eigenvalue weighted by molar-refractivity contribution is -0.301. The first-order chi connectivity index (χ1) is 8.67. The minimum atomic E-state index is -1.05. The normalized spacial score (nSPS) is 32.4. The third-order valence-electron chi connectivity index (χ3n) is 3.73. The minimum Gasteiger partial charge on any atom is -0.349 e. The lowest BCUT2D eigenvalue weighted by atomic mass is 9.94. The summed E-state index contributed by atoms with van der Waals surface area (Å²) < 4.78 is 23.9. The highest BCUT2D eigenvalue weighted by Gasteiger charge is 2.44. The molecule has 2 bridgehead atoms. The number of rotatable bonds is 3. The summed E-state index contributed by atoms with van der Waals surface area (Å²) in [6.45, 7) is 3.54. The average molecular weight is 266 g/mol. The van der Waals surface area contributed by atoms with E-state index in [1.807, 2.05) is 31.2 Å². The topological polar surface area (TPSA) is 35.5 Å². The highest BCUT2D eigenvalue weighted by molar-refractivity contribution is 7.85. The molecule has 1 aromatic rings. The molecule has 4 heteroatoms. The predicted molar refractivity (Wildman–Crippen MR) is 69.8 cm³/mol. The molecule has 3 heterocycles. The lowest BCUT2D eigenvalue weighted by Gasteiger charge is -2.45. The lowest BCUT2D eigenvalue weighted by Crippen LogP contribution is -2.52. The van der Waals surface area contributed by atoms with E-state index in [1.165, 1.54) is 5.56 Å². The molecule has 3 fully saturated rings. The van der Waals surface area contributed by atoms with Gasteiger partial charge < -0.3 is 9.47 Å². The fraction of sp³-hybridized carbons (Fsp3) is 0.571. The van der Waals surface area contributed by atoms with Gasteiger partial charge in [-0.15, -0.1) is 0 Å². The molecule has 1 atom stereocenters. The van der Waals surface area contributed by atoms with Crippen molar-refractivity contribution in [2.45, 2.75) is 30.4 Å². The van der Waals surface area contributed by atoms with Crippen LogP contribution in [0.15, 0.2) is 29.2 Å². The Bertz CT molecular complexity index is 433. The molecule has 0 aliphatic carbocycles. The zero-order valence-electron chi connectivity index (χ0n) is 10.6. The molecule has 0 spiro atoms. The van der Waals surface area contributed by atoms with Crippen LogP contribution in [0.3, 0.4) is 0 Å². The highest BCUT2D eigenvalue weighted by atomic mass is 32.2. The molecule has 3 nitrogen and oxygen atoms in total. The molecule has 0 aromatic heterocycles.